The number of aromatic hydroxyl groups is 1. The van der Waals surface area contributed by atoms with Crippen LogP contribution in [0.1, 0.15) is 10.4 Å². The Bertz CT molecular complexity index is 1230. The van der Waals surface area contributed by atoms with Gasteiger partial charge in [0.25, 0.3) is 5.91 Å². The van der Waals surface area contributed by atoms with E-state index < -0.39 is 0 Å². The van der Waals surface area contributed by atoms with Crippen LogP contribution in [0.15, 0.2) is 83.3 Å². The molecule has 0 unspecified atom stereocenters. The first-order valence-electron chi connectivity index (χ1n) is 8.76. The number of hydrogen-bond donors (Lipinski definition) is 2. The summed E-state index contributed by atoms with van der Waals surface area (Å²) in [4.78, 5) is 12.3. The van der Waals surface area contributed by atoms with Gasteiger partial charge in [-0.15, -0.1) is 0 Å². The van der Waals surface area contributed by atoms with Crippen molar-refractivity contribution in [3.05, 3.63) is 93.9 Å². The topological polar surface area (TPSA) is 58.6 Å². The van der Waals surface area contributed by atoms with Gasteiger partial charge in [-0.05, 0) is 69.2 Å². The second-order valence-electron chi connectivity index (χ2n) is 6.35. The number of phenols is 1. The Balaban J connectivity index is 1.55. The van der Waals surface area contributed by atoms with Gasteiger partial charge in [0.1, 0.15) is 17.2 Å². The van der Waals surface area contributed by atoms with Gasteiger partial charge in [0.05, 0.1) is 9.50 Å². The molecule has 0 aliphatic heterocycles. The highest BCUT2D eigenvalue weighted by atomic mass is 79.9. The molecule has 0 bridgehead atoms. The Kier molecular flexibility index (Phi) is 5.43. The van der Waals surface area contributed by atoms with Gasteiger partial charge in [-0.1, -0.05) is 48.0 Å². The number of ether oxygens (including phenoxy) is 1. The van der Waals surface area contributed by atoms with Crippen LogP contribution in [-0.2, 0) is 0 Å². The minimum absolute atomic E-state index is 0.0281. The standard InChI is InChI=1S/C23H15BrClNO3/c24-22-18-7-2-1-4-14(18)8-10-21(22)29-20-11-9-16(13-19(20)25)26-23(28)15-5-3-6-17(27)12-15/h1-13,27H,(H,26,28). The number of phenolic OH excluding ortho intramolecular Hbond substituents is 1. The quantitative estimate of drug-likeness (QED) is 0.339. The molecular formula is C23H15BrClNO3. The summed E-state index contributed by atoms with van der Waals surface area (Å²) in [6.07, 6.45) is 0. The van der Waals surface area contributed by atoms with E-state index in [4.69, 9.17) is 16.3 Å². The van der Waals surface area contributed by atoms with Crippen LogP contribution < -0.4 is 10.1 Å². The van der Waals surface area contributed by atoms with Crippen molar-refractivity contribution in [2.45, 2.75) is 0 Å². The molecule has 0 aliphatic rings. The smallest absolute Gasteiger partial charge is 0.255 e. The number of halogens is 2. The third kappa shape index (κ3) is 4.21. The van der Waals surface area contributed by atoms with E-state index in [0.717, 1.165) is 15.2 Å². The number of hydrogen-bond acceptors (Lipinski definition) is 3. The maximum atomic E-state index is 12.3. The van der Waals surface area contributed by atoms with Gasteiger partial charge in [0.15, 0.2) is 0 Å². The third-order valence-electron chi connectivity index (χ3n) is 4.35. The van der Waals surface area contributed by atoms with Crippen molar-refractivity contribution in [3.8, 4) is 17.2 Å². The first-order chi connectivity index (χ1) is 14.0. The molecule has 0 spiro atoms. The van der Waals surface area contributed by atoms with Gasteiger partial charge in [-0.2, -0.15) is 0 Å². The molecule has 0 aliphatic carbocycles. The van der Waals surface area contributed by atoms with Crippen molar-refractivity contribution < 1.29 is 14.6 Å². The Morgan fingerprint density at radius 2 is 1.72 bits per heavy atom. The minimum Gasteiger partial charge on any atom is -0.508 e. The number of nitrogens with one attached hydrogen (secondary N) is 1. The van der Waals surface area contributed by atoms with Crippen LogP contribution in [-0.4, -0.2) is 11.0 Å². The predicted molar refractivity (Wildman–Crippen MR) is 119 cm³/mol. The molecule has 144 valence electrons. The molecule has 6 heteroatoms. The molecule has 0 atom stereocenters. The second-order valence-corrected chi connectivity index (χ2v) is 7.55. The number of anilines is 1. The van der Waals surface area contributed by atoms with Crippen LogP contribution in [0.3, 0.4) is 0 Å². The Hall–Kier alpha value is -3.02. The molecule has 0 heterocycles. The van der Waals surface area contributed by atoms with Crippen molar-refractivity contribution in [2.75, 3.05) is 5.32 Å². The first kappa shape index (κ1) is 19.3. The van der Waals surface area contributed by atoms with Crippen LogP contribution in [0.25, 0.3) is 10.8 Å². The fourth-order valence-corrected chi connectivity index (χ4v) is 3.72. The van der Waals surface area contributed by atoms with Crippen molar-refractivity contribution >= 4 is 49.9 Å². The number of carbonyl (C=O) groups is 1. The summed E-state index contributed by atoms with van der Waals surface area (Å²) in [5, 5.41) is 14.8. The molecule has 0 saturated carbocycles. The van der Waals surface area contributed by atoms with Crippen molar-refractivity contribution in [1.82, 2.24) is 0 Å². The Morgan fingerprint density at radius 3 is 2.52 bits per heavy atom. The fourth-order valence-electron chi connectivity index (χ4n) is 2.92. The summed E-state index contributed by atoms with van der Waals surface area (Å²) < 4.78 is 6.82. The summed E-state index contributed by atoms with van der Waals surface area (Å²) in [5.41, 5.74) is 0.870. The summed E-state index contributed by atoms with van der Waals surface area (Å²) in [6, 6.07) is 23.0. The average Bonchev–Trinajstić information content (AvgIpc) is 2.72. The molecule has 0 saturated heterocycles. The zero-order chi connectivity index (χ0) is 20.4. The fraction of sp³-hybridized carbons (Fsp3) is 0. The van der Waals surface area contributed by atoms with Crippen LogP contribution in [0, 0.1) is 0 Å². The lowest BCUT2D eigenvalue weighted by Crippen LogP contribution is -2.11. The van der Waals surface area contributed by atoms with Gasteiger partial charge in [-0.3, -0.25) is 4.79 Å². The van der Waals surface area contributed by atoms with Crippen LogP contribution in [0.4, 0.5) is 5.69 Å². The molecule has 1 amide bonds. The minimum atomic E-state index is -0.345. The van der Waals surface area contributed by atoms with E-state index in [-0.39, 0.29) is 11.7 Å². The summed E-state index contributed by atoms with van der Waals surface area (Å²) in [6.45, 7) is 0. The summed E-state index contributed by atoms with van der Waals surface area (Å²) >= 11 is 9.97. The molecule has 29 heavy (non-hydrogen) atoms. The van der Waals surface area contributed by atoms with Gasteiger partial charge in [0, 0.05) is 11.3 Å². The van der Waals surface area contributed by atoms with E-state index in [1.807, 2.05) is 36.4 Å². The lowest BCUT2D eigenvalue weighted by atomic mass is 10.1. The molecule has 2 N–H and O–H groups in total. The average molecular weight is 469 g/mol. The van der Waals surface area contributed by atoms with Crippen LogP contribution in [0.2, 0.25) is 5.02 Å². The van der Waals surface area contributed by atoms with Gasteiger partial charge >= 0.3 is 0 Å². The molecule has 0 aromatic heterocycles. The SMILES string of the molecule is O=C(Nc1ccc(Oc2ccc3ccccc3c2Br)c(Cl)c1)c1cccc(O)c1. The predicted octanol–water partition coefficient (Wildman–Crippen LogP) is 7.01. The van der Waals surface area contributed by atoms with E-state index in [1.165, 1.54) is 12.1 Å². The van der Waals surface area contributed by atoms with Gasteiger partial charge < -0.3 is 15.2 Å². The molecule has 4 rings (SSSR count). The lowest BCUT2D eigenvalue weighted by molar-refractivity contribution is 0.102. The monoisotopic (exact) mass is 467 g/mol. The van der Waals surface area contributed by atoms with E-state index in [1.54, 1.807) is 30.3 Å². The van der Waals surface area contributed by atoms with E-state index in [2.05, 4.69) is 21.2 Å². The summed E-state index contributed by atoms with van der Waals surface area (Å²) in [5.74, 6) is 0.795. The van der Waals surface area contributed by atoms with Crippen molar-refractivity contribution in [3.63, 3.8) is 0 Å². The lowest BCUT2D eigenvalue weighted by Gasteiger charge is -2.13. The number of benzene rings is 4. The highest BCUT2D eigenvalue weighted by molar-refractivity contribution is 9.10. The first-order valence-corrected chi connectivity index (χ1v) is 9.93. The van der Waals surface area contributed by atoms with E-state index >= 15 is 0 Å². The van der Waals surface area contributed by atoms with E-state index in [9.17, 15) is 9.90 Å². The van der Waals surface area contributed by atoms with E-state index in [0.29, 0.717) is 27.8 Å². The van der Waals surface area contributed by atoms with Gasteiger partial charge in [-0.25, -0.2) is 0 Å². The largest absolute Gasteiger partial charge is 0.508 e. The number of rotatable bonds is 4. The van der Waals surface area contributed by atoms with Crippen molar-refractivity contribution in [2.24, 2.45) is 0 Å². The Labute approximate surface area is 180 Å². The molecule has 0 fully saturated rings. The zero-order valence-corrected chi connectivity index (χ0v) is 17.4. The number of fused-ring (bicyclic) bond motifs is 1. The second kappa shape index (κ2) is 8.15. The third-order valence-corrected chi connectivity index (χ3v) is 5.46. The molecule has 4 aromatic rings. The molecular weight excluding hydrogens is 454 g/mol. The zero-order valence-electron chi connectivity index (χ0n) is 15.0. The summed E-state index contributed by atoms with van der Waals surface area (Å²) in [7, 11) is 0. The van der Waals surface area contributed by atoms with Crippen LogP contribution in [0.5, 0.6) is 17.2 Å². The van der Waals surface area contributed by atoms with Crippen LogP contribution >= 0.6 is 27.5 Å². The molecule has 4 nitrogen and oxygen atoms in total. The molecule has 0 radical (unpaired) electrons. The maximum Gasteiger partial charge on any atom is 0.255 e. The highest BCUT2D eigenvalue weighted by Crippen LogP contribution is 2.38. The normalized spacial score (nSPS) is 10.7. The van der Waals surface area contributed by atoms with Gasteiger partial charge in [0.2, 0.25) is 0 Å². The highest BCUT2D eigenvalue weighted by Gasteiger charge is 2.12. The van der Waals surface area contributed by atoms with Crippen molar-refractivity contribution in [1.29, 1.82) is 0 Å². The number of carbonyl (C=O) groups excluding carboxylic acids is 1. The Morgan fingerprint density at radius 1 is 0.931 bits per heavy atom. The number of amides is 1. The maximum absolute atomic E-state index is 12.3. The molecule has 4 aromatic carbocycles.